The Morgan fingerprint density at radius 3 is 2.71 bits per heavy atom. The van der Waals surface area contributed by atoms with Gasteiger partial charge in [-0.3, -0.25) is 20.7 Å². The Morgan fingerprint density at radius 2 is 2.03 bits per heavy atom. The molecule has 10 nitrogen and oxygen atoms in total. The predicted octanol–water partition coefficient (Wildman–Crippen LogP) is 1.02. The van der Waals surface area contributed by atoms with Crippen molar-refractivity contribution in [2.24, 2.45) is 10.8 Å². The Morgan fingerprint density at radius 1 is 1.24 bits per heavy atom. The van der Waals surface area contributed by atoms with Crippen molar-refractivity contribution in [3.8, 4) is 0 Å². The van der Waals surface area contributed by atoms with E-state index in [0.717, 1.165) is 55.4 Å². The number of rotatable bonds is 6. The van der Waals surface area contributed by atoms with Gasteiger partial charge < -0.3 is 20.4 Å². The van der Waals surface area contributed by atoms with E-state index in [1.54, 1.807) is 6.20 Å². The number of hydrogen-bond acceptors (Lipinski definition) is 9. The molecular weight excluding hydrogens is 454 g/mol. The van der Waals surface area contributed by atoms with Crippen molar-refractivity contribution in [3.05, 3.63) is 52.8 Å². The third-order valence-corrected chi connectivity index (χ3v) is 7.08. The molecule has 5 rings (SSSR count). The first kappa shape index (κ1) is 23.1. The summed E-state index contributed by atoms with van der Waals surface area (Å²) >= 11 is 6.10. The number of likely N-dealkylation sites (tertiary alicyclic amines) is 1. The second-order valence-corrected chi connectivity index (χ2v) is 9.62. The molecule has 3 aliphatic rings. The number of hydrogen-bond donors (Lipinski definition) is 4. The van der Waals surface area contributed by atoms with Crippen molar-refractivity contribution in [1.29, 1.82) is 5.41 Å². The van der Waals surface area contributed by atoms with E-state index in [4.69, 9.17) is 27.5 Å². The minimum atomic E-state index is -0.313. The van der Waals surface area contributed by atoms with Crippen LogP contribution in [0.4, 0.5) is 0 Å². The lowest BCUT2D eigenvalue weighted by Crippen LogP contribution is -2.58. The SMILES string of the molecule is N=Cc1cnn(CC2CN(C3CCN(C4=NNC(N)N4)CC3)C(Cc3ccc(Cl)cc3)CO2)c1. The molecule has 0 saturated carbocycles. The Kier molecular flexibility index (Phi) is 7.00. The van der Waals surface area contributed by atoms with Gasteiger partial charge in [0.1, 0.15) is 0 Å². The molecule has 2 fully saturated rings. The Hall–Kier alpha value is -2.66. The van der Waals surface area contributed by atoms with Crippen LogP contribution in [-0.4, -0.2) is 82.5 Å². The summed E-state index contributed by atoms with van der Waals surface area (Å²) in [4.78, 5) is 4.92. The summed E-state index contributed by atoms with van der Waals surface area (Å²) in [6.07, 6.45) is 7.71. The fraction of sp³-hybridized carbons (Fsp3) is 0.522. The van der Waals surface area contributed by atoms with E-state index in [9.17, 15) is 0 Å². The number of halogens is 1. The van der Waals surface area contributed by atoms with Crippen LogP contribution >= 0.6 is 11.6 Å². The summed E-state index contributed by atoms with van der Waals surface area (Å²) < 4.78 is 8.20. The van der Waals surface area contributed by atoms with Crippen molar-refractivity contribution in [3.63, 3.8) is 0 Å². The number of nitrogens with zero attached hydrogens (tertiary/aromatic N) is 5. The van der Waals surface area contributed by atoms with Crippen molar-refractivity contribution >= 4 is 23.8 Å². The lowest BCUT2D eigenvalue weighted by atomic mass is 9.96. The molecule has 182 valence electrons. The first-order chi connectivity index (χ1) is 16.6. The van der Waals surface area contributed by atoms with Gasteiger partial charge in [-0.05, 0) is 37.0 Å². The average Bonchev–Trinajstić information content (AvgIpc) is 3.50. The predicted molar refractivity (Wildman–Crippen MR) is 132 cm³/mol. The van der Waals surface area contributed by atoms with Gasteiger partial charge in [0.05, 0.1) is 25.5 Å². The molecule has 3 atom stereocenters. The van der Waals surface area contributed by atoms with Gasteiger partial charge in [0.15, 0.2) is 6.29 Å². The van der Waals surface area contributed by atoms with Gasteiger partial charge in [0.2, 0.25) is 5.96 Å². The van der Waals surface area contributed by atoms with E-state index in [1.165, 1.54) is 11.8 Å². The molecule has 0 aliphatic carbocycles. The van der Waals surface area contributed by atoms with Crippen LogP contribution in [0.25, 0.3) is 0 Å². The number of hydrazone groups is 1. The number of guanidine groups is 1. The molecule has 0 radical (unpaired) electrons. The number of ether oxygens (including phenoxy) is 1. The summed E-state index contributed by atoms with van der Waals surface area (Å²) in [6, 6.07) is 8.91. The average molecular weight is 486 g/mol. The van der Waals surface area contributed by atoms with Gasteiger partial charge in [-0.25, -0.2) is 0 Å². The van der Waals surface area contributed by atoms with Gasteiger partial charge >= 0.3 is 0 Å². The lowest BCUT2D eigenvalue weighted by molar-refractivity contribution is -0.0910. The van der Waals surface area contributed by atoms with Crippen LogP contribution in [0.3, 0.4) is 0 Å². The van der Waals surface area contributed by atoms with E-state index in [0.29, 0.717) is 25.2 Å². The molecule has 2 saturated heterocycles. The van der Waals surface area contributed by atoms with Crippen LogP contribution in [0, 0.1) is 5.41 Å². The van der Waals surface area contributed by atoms with Crippen molar-refractivity contribution < 1.29 is 4.74 Å². The smallest absolute Gasteiger partial charge is 0.219 e. The van der Waals surface area contributed by atoms with E-state index < -0.39 is 0 Å². The van der Waals surface area contributed by atoms with Crippen molar-refractivity contribution in [2.45, 2.75) is 50.3 Å². The highest BCUT2D eigenvalue weighted by Gasteiger charge is 2.36. The highest BCUT2D eigenvalue weighted by Crippen LogP contribution is 2.26. The van der Waals surface area contributed by atoms with E-state index >= 15 is 0 Å². The second-order valence-electron chi connectivity index (χ2n) is 9.18. The van der Waals surface area contributed by atoms with Crippen LogP contribution in [0.1, 0.15) is 24.0 Å². The number of nitrogens with two attached hydrogens (primary N) is 1. The second kappa shape index (κ2) is 10.3. The molecule has 2 aromatic rings. The van der Waals surface area contributed by atoms with Crippen LogP contribution in [0.2, 0.25) is 5.02 Å². The van der Waals surface area contributed by atoms with Crippen molar-refractivity contribution in [1.82, 2.24) is 30.3 Å². The monoisotopic (exact) mass is 485 g/mol. The maximum absolute atomic E-state index is 7.42. The number of morpholine rings is 1. The standard InChI is InChI=1S/C23H32ClN9O/c24-18-3-1-16(2-4-18)9-20-15-34-21(13-32-12-17(10-25)11-27-32)14-33(20)19-5-7-31(8-6-19)23-28-22(26)29-30-23/h1-4,10-12,19-22,25,29H,5-9,13-15,26H2,(H,28,30). The molecule has 4 heterocycles. The molecule has 0 amide bonds. The maximum Gasteiger partial charge on any atom is 0.219 e. The zero-order chi connectivity index (χ0) is 23.5. The van der Waals surface area contributed by atoms with E-state index in [-0.39, 0.29) is 12.4 Å². The largest absolute Gasteiger partial charge is 0.373 e. The molecule has 1 aromatic heterocycles. The van der Waals surface area contributed by atoms with Gasteiger partial charge in [0.25, 0.3) is 0 Å². The van der Waals surface area contributed by atoms with Gasteiger partial charge in [-0.2, -0.15) is 5.10 Å². The van der Waals surface area contributed by atoms with Gasteiger partial charge in [0, 0.05) is 54.7 Å². The number of piperidine rings is 1. The van der Waals surface area contributed by atoms with Crippen molar-refractivity contribution in [2.75, 3.05) is 26.2 Å². The lowest BCUT2D eigenvalue weighted by Gasteiger charge is -2.47. The summed E-state index contributed by atoms with van der Waals surface area (Å²) in [5.74, 6) is 0.837. The maximum atomic E-state index is 7.42. The minimum absolute atomic E-state index is 0.0565. The molecule has 3 unspecified atom stereocenters. The summed E-state index contributed by atoms with van der Waals surface area (Å²) in [7, 11) is 0. The number of aromatic nitrogens is 2. The first-order valence-electron chi connectivity index (χ1n) is 11.8. The number of nitrogens with one attached hydrogen (secondary N) is 3. The first-order valence-corrected chi connectivity index (χ1v) is 12.2. The van der Waals surface area contributed by atoms with Gasteiger partial charge in [-0.1, -0.05) is 23.7 Å². The van der Waals surface area contributed by atoms with Crippen LogP contribution in [0.5, 0.6) is 0 Å². The van der Waals surface area contributed by atoms with Crippen LogP contribution in [0.15, 0.2) is 41.8 Å². The normalized spacial score (nSPS) is 26.1. The highest BCUT2D eigenvalue weighted by atomic mass is 35.5. The molecule has 0 spiro atoms. The molecule has 0 bridgehead atoms. The zero-order valence-corrected chi connectivity index (χ0v) is 19.9. The van der Waals surface area contributed by atoms with Crippen LogP contribution in [-0.2, 0) is 17.7 Å². The van der Waals surface area contributed by atoms with Crippen LogP contribution < -0.4 is 16.5 Å². The summed E-state index contributed by atoms with van der Waals surface area (Å²) in [5, 5.41) is 20.1. The molecule has 1 aromatic carbocycles. The molecule has 34 heavy (non-hydrogen) atoms. The summed E-state index contributed by atoms with van der Waals surface area (Å²) in [6.45, 7) is 4.08. The minimum Gasteiger partial charge on any atom is -0.373 e. The Balaban J connectivity index is 1.26. The summed E-state index contributed by atoms with van der Waals surface area (Å²) in [5.41, 5.74) is 10.8. The van der Waals surface area contributed by atoms with Gasteiger partial charge in [-0.15, -0.1) is 5.10 Å². The Bertz CT molecular complexity index is 1000. The highest BCUT2D eigenvalue weighted by molar-refractivity contribution is 6.30. The third kappa shape index (κ3) is 5.35. The fourth-order valence-corrected chi connectivity index (χ4v) is 5.20. The number of benzene rings is 1. The van der Waals surface area contributed by atoms with E-state index in [1.807, 2.05) is 23.0 Å². The molecule has 5 N–H and O–H groups in total. The topological polar surface area (TPSA) is 120 Å². The fourth-order valence-electron chi connectivity index (χ4n) is 5.07. The zero-order valence-electron chi connectivity index (χ0n) is 19.1. The molecule has 11 heteroatoms. The molecule has 3 aliphatic heterocycles. The third-order valence-electron chi connectivity index (χ3n) is 6.83. The Labute approximate surface area is 204 Å². The van der Waals surface area contributed by atoms with E-state index in [2.05, 4.69) is 42.9 Å². The molecular formula is C23H32ClN9O. The quantitative estimate of drug-likeness (QED) is 0.451.